The van der Waals surface area contributed by atoms with E-state index in [-0.39, 0.29) is 6.04 Å². The molecular weight excluding hydrogens is 358 g/mol. The van der Waals surface area contributed by atoms with Crippen molar-refractivity contribution in [1.82, 2.24) is 15.2 Å². The Bertz CT molecular complexity index is 970. The zero-order valence-electron chi connectivity index (χ0n) is 18.1. The van der Waals surface area contributed by atoms with E-state index in [2.05, 4.69) is 79.3 Å². The zero-order valence-corrected chi connectivity index (χ0v) is 18.1. The van der Waals surface area contributed by atoms with Crippen LogP contribution in [0.2, 0.25) is 0 Å². The summed E-state index contributed by atoms with van der Waals surface area (Å²) in [5.41, 5.74) is 8.00. The van der Waals surface area contributed by atoms with Crippen molar-refractivity contribution in [2.24, 2.45) is 0 Å². The highest BCUT2D eigenvalue weighted by atomic mass is 16.5. The number of rotatable bonds is 7. The van der Waals surface area contributed by atoms with Crippen molar-refractivity contribution in [3.05, 3.63) is 64.3 Å². The third-order valence-electron chi connectivity index (χ3n) is 6.19. The molecule has 1 atom stereocenters. The summed E-state index contributed by atoms with van der Waals surface area (Å²) >= 11 is 0. The fourth-order valence-corrected chi connectivity index (χ4v) is 4.56. The van der Waals surface area contributed by atoms with Crippen molar-refractivity contribution >= 4 is 10.9 Å². The minimum atomic E-state index is 0.204. The van der Waals surface area contributed by atoms with E-state index in [9.17, 15) is 0 Å². The first-order valence-corrected chi connectivity index (χ1v) is 10.9. The number of hydrogen-bond donors (Lipinski definition) is 2. The number of nitrogens with zero attached hydrogens (tertiary/aromatic N) is 1. The van der Waals surface area contributed by atoms with Crippen LogP contribution < -0.4 is 10.1 Å². The largest absolute Gasteiger partial charge is 0.492 e. The van der Waals surface area contributed by atoms with Gasteiger partial charge in [0.25, 0.3) is 0 Å². The molecule has 0 bridgehead atoms. The minimum absolute atomic E-state index is 0.204. The molecule has 1 aliphatic rings. The van der Waals surface area contributed by atoms with Gasteiger partial charge in [-0.2, -0.15) is 0 Å². The molecule has 1 unspecified atom stereocenters. The van der Waals surface area contributed by atoms with Crippen LogP contribution >= 0.6 is 0 Å². The van der Waals surface area contributed by atoms with Crippen LogP contribution in [0.4, 0.5) is 0 Å². The highest BCUT2D eigenvalue weighted by Gasteiger charge is 2.25. The average molecular weight is 392 g/mol. The molecule has 2 aromatic carbocycles. The standard InChI is InChI=1S/C25H33N3O/c1-5-28(6-2)13-14-29-20-9-7-19(8-10-20)24-25-21(11-12-26-24)22-16-17(3)15-18(4)23(22)27-25/h7-10,15-16,24,26-27H,5-6,11-14H2,1-4H3. The Kier molecular flexibility index (Phi) is 5.93. The van der Waals surface area contributed by atoms with Gasteiger partial charge in [0.15, 0.2) is 0 Å². The third-order valence-corrected chi connectivity index (χ3v) is 6.19. The summed E-state index contributed by atoms with van der Waals surface area (Å²) in [5.74, 6) is 0.944. The lowest BCUT2D eigenvalue weighted by Crippen LogP contribution is -2.30. The van der Waals surface area contributed by atoms with Gasteiger partial charge in [-0.1, -0.05) is 37.6 Å². The lowest BCUT2D eigenvalue weighted by atomic mass is 9.93. The molecule has 154 valence electrons. The van der Waals surface area contributed by atoms with Crippen molar-refractivity contribution in [2.45, 2.75) is 40.2 Å². The molecular formula is C25H33N3O. The number of ether oxygens (including phenoxy) is 1. The number of aromatic amines is 1. The highest BCUT2D eigenvalue weighted by molar-refractivity contribution is 5.88. The van der Waals surface area contributed by atoms with Gasteiger partial charge in [-0.15, -0.1) is 0 Å². The van der Waals surface area contributed by atoms with Crippen molar-refractivity contribution in [3.63, 3.8) is 0 Å². The van der Waals surface area contributed by atoms with Crippen LogP contribution in [0, 0.1) is 13.8 Å². The molecule has 1 aromatic heterocycles. The number of aromatic nitrogens is 1. The first kappa shape index (κ1) is 20.0. The molecule has 0 saturated carbocycles. The summed E-state index contributed by atoms with van der Waals surface area (Å²) in [4.78, 5) is 6.11. The molecule has 0 saturated heterocycles. The van der Waals surface area contributed by atoms with Gasteiger partial charge >= 0.3 is 0 Å². The van der Waals surface area contributed by atoms with E-state index >= 15 is 0 Å². The van der Waals surface area contributed by atoms with Crippen LogP contribution in [-0.2, 0) is 6.42 Å². The van der Waals surface area contributed by atoms with Gasteiger partial charge in [-0.25, -0.2) is 0 Å². The number of benzene rings is 2. The monoisotopic (exact) mass is 391 g/mol. The van der Waals surface area contributed by atoms with E-state index in [1.165, 1.54) is 38.9 Å². The SMILES string of the molecule is CCN(CC)CCOc1ccc(C2NCCc3c2[nH]c2c(C)cc(C)cc32)cc1. The lowest BCUT2D eigenvalue weighted by Gasteiger charge is -2.25. The van der Waals surface area contributed by atoms with E-state index in [1.54, 1.807) is 0 Å². The van der Waals surface area contributed by atoms with Crippen molar-refractivity contribution in [2.75, 3.05) is 32.8 Å². The van der Waals surface area contributed by atoms with Crippen molar-refractivity contribution in [3.8, 4) is 5.75 Å². The van der Waals surface area contributed by atoms with E-state index in [4.69, 9.17) is 4.74 Å². The van der Waals surface area contributed by atoms with E-state index < -0.39 is 0 Å². The third kappa shape index (κ3) is 4.05. The molecule has 2 N–H and O–H groups in total. The second-order valence-electron chi connectivity index (χ2n) is 8.10. The number of likely N-dealkylation sites (N-methyl/N-ethyl adjacent to an activating group) is 1. The van der Waals surface area contributed by atoms with Crippen LogP contribution in [0.3, 0.4) is 0 Å². The van der Waals surface area contributed by atoms with Crippen LogP contribution in [0.1, 0.15) is 47.8 Å². The zero-order chi connectivity index (χ0) is 20.4. The van der Waals surface area contributed by atoms with Crippen molar-refractivity contribution in [1.29, 1.82) is 0 Å². The first-order chi connectivity index (χ1) is 14.1. The van der Waals surface area contributed by atoms with Gasteiger partial charge in [0.2, 0.25) is 0 Å². The van der Waals surface area contributed by atoms with E-state index in [0.29, 0.717) is 0 Å². The maximum Gasteiger partial charge on any atom is 0.119 e. The van der Waals surface area contributed by atoms with Gasteiger partial charge in [-0.05, 0) is 68.2 Å². The molecule has 0 amide bonds. The number of hydrogen-bond acceptors (Lipinski definition) is 3. The molecule has 0 radical (unpaired) electrons. The fourth-order valence-electron chi connectivity index (χ4n) is 4.56. The quantitative estimate of drug-likeness (QED) is 0.611. The smallest absolute Gasteiger partial charge is 0.119 e. The molecule has 0 spiro atoms. The summed E-state index contributed by atoms with van der Waals surface area (Å²) in [6, 6.07) is 13.4. The van der Waals surface area contributed by atoms with Crippen LogP contribution in [0.15, 0.2) is 36.4 Å². The number of aryl methyl sites for hydroxylation is 2. The first-order valence-electron chi connectivity index (χ1n) is 10.9. The summed E-state index contributed by atoms with van der Waals surface area (Å²) in [6.45, 7) is 13.6. The molecule has 3 aromatic rings. The Balaban J connectivity index is 1.54. The summed E-state index contributed by atoms with van der Waals surface area (Å²) in [7, 11) is 0. The maximum atomic E-state index is 5.96. The Morgan fingerprint density at radius 1 is 1.07 bits per heavy atom. The Hall–Kier alpha value is -2.30. The fraction of sp³-hybridized carbons (Fsp3) is 0.440. The molecule has 0 fully saturated rings. The van der Waals surface area contributed by atoms with E-state index in [1.807, 2.05) is 0 Å². The van der Waals surface area contributed by atoms with Crippen molar-refractivity contribution < 1.29 is 4.74 Å². The minimum Gasteiger partial charge on any atom is -0.492 e. The van der Waals surface area contributed by atoms with Crippen LogP contribution in [0.25, 0.3) is 10.9 Å². The Labute approximate surface area is 174 Å². The average Bonchev–Trinajstić information content (AvgIpc) is 3.11. The summed E-state index contributed by atoms with van der Waals surface area (Å²) in [5, 5.41) is 5.09. The molecule has 4 nitrogen and oxygen atoms in total. The summed E-state index contributed by atoms with van der Waals surface area (Å²) in [6.07, 6.45) is 1.07. The molecule has 4 rings (SSSR count). The number of nitrogens with one attached hydrogen (secondary N) is 2. The Morgan fingerprint density at radius 2 is 1.83 bits per heavy atom. The molecule has 0 aliphatic carbocycles. The van der Waals surface area contributed by atoms with Gasteiger partial charge in [-0.3, -0.25) is 0 Å². The van der Waals surface area contributed by atoms with E-state index in [0.717, 1.165) is 45.0 Å². The predicted molar refractivity (Wildman–Crippen MR) is 121 cm³/mol. The van der Waals surface area contributed by atoms with Gasteiger partial charge in [0, 0.05) is 29.7 Å². The second kappa shape index (κ2) is 8.60. The number of H-pyrrole nitrogens is 1. The molecule has 1 aliphatic heterocycles. The summed E-state index contributed by atoms with van der Waals surface area (Å²) < 4.78 is 5.96. The predicted octanol–water partition coefficient (Wildman–Crippen LogP) is 4.74. The van der Waals surface area contributed by atoms with Gasteiger partial charge in [0.05, 0.1) is 6.04 Å². The highest BCUT2D eigenvalue weighted by Crippen LogP contribution is 2.35. The van der Waals surface area contributed by atoms with Gasteiger partial charge < -0.3 is 19.9 Å². The maximum absolute atomic E-state index is 5.96. The normalized spacial score (nSPS) is 16.4. The van der Waals surface area contributed by atoms with Crippen LogP contribution in [0.5, 0.6) is 5.75 Å². The molecule has 29 heavy (non-hydrogen) atoms. The topological polar surface area (TPSA) is 40.3 Å². The molecule has 4 heteroatoms. The van der Waals surface area contributed by atoms with Crippen LogP contribution in [-0.4, -0.2) is 42.7 Å². The Morgan fingerprint density at radius 3 is 2.55 bits per heavy atom. The van der Waals surface area contributed by atoms with Gasteiger partial charge in [0.1, 0.15) is 12.4 Å². The molecule has 2 heterocycles. The lowest BCUT2D eigenvalue weighted by molar-refractivity contribution is 0.223. The number of fused-ring (bicyclic) bond motifs is 3. The second-order valence-corrected chi connectivity index (χ2v) is 8.10.